The number of esters is 1. The van der Waals surface area contributed by atoms with E-state index in [1.165, 1.54) is 12.5 Å². The highest BCUT2D eigenvalue weighted by Crippen LogP contribution is 2.77. The van der Waals surface area contributed by atoms with Crippen LogP contribution in [0.15, 0.2) is 35.2 Å². The van der Waals surface area contributed by atoms with E-state index < -0.39 is 11.5 Å². The fourth-order valence-electron chi connectivity index (χ4n) is 10.0. The second-order valence-electron chi connectivity index (χ2n) is 12.7. The Labute approximate surface area is 196 Å². The largest absolute Gasteiger partial charge is 0.472 e. The van der Waals surface area contributed by atoms with Crippen LogP contribution in [0.5, 0.6) is 0 Å². The van der Waals surface area contributed by atoms with Crippen LogP contribution < -0.4 is 0 Å². The van der Waals surface area contributed by atoms with E-state index in [9.17, 15) is 9.59 Å². The first-order valence-corrected chi connectivity index (χ1v) is 12.5. The second kappa shape index (κ2) is 6.41. The zero-order chi connectivity index (χ0) is 23.6. The third-order valence-corrected chi connectivity index (χ3v) is 11.0. The summed E-state index contributed by atoms with van der Waals surface area (Å²) < 4.78 is 18.6. The van der Waals surface area contributed by atoms with Crippen LogP contribution in [0.1, 0.15) is 72.3 Å². The third kappa shape index (κ3) is 2.42. The molecular formula is C28H36O5. The van der Waals surface area contributed by atoms with Crippen LogP contribution in [0.3, 0.4) is 0 Å². The fraction of sp³-hybridized carbons (Fsp3) is 0.714. The van der Waals surface area contributed by atoms with E-state index in [0.29, 0.717) is 17.8 Å². The van der Waals surface area contributed by atoms with Gasteiger partial charge in [-0.05, 0) is 65.6 Å². The number of furan rings is 1. The van der Waals surface area contributed by atoms with Crippen molar-refractivity contribution in [1.82, 2.24) is 0 Å². The number of hydrogen-bond donors (Lipinski definition) is 0. The van der Waals surface area contributed by atoms with Crippen molar-refractivity contribution in [2.24, 2.45) is 39.4 Å². The van der Waals surface area contributed by atoms with Crippen LogP contribution in [0, 0.1) is 39.4 Å². The minimum Gasteiger partial charge on any atom is -0.472 e. The summed E-state index contributed by atoms with van der Waals surface area (Å²) in [6.45, 7) is 12.7. The minimum atomic E-state index is -0.619. The third-order valence-electron chi connectivity index (χ3n) is 11.0. The van der Waals surface area contributed by atoms with Gasteiger partial charge in [-0.3, -0.25) is 9.59 Å². The van der Waals surface area contributed by atoms with Crippen molar-refractivity contribution in [2.75, 3.05) is 0 Å². The summed E-state index contributed by atoms with van der Waals surface area (Å²) in [6.07, 6.45) is 10.3. The molecule has 2 heterocycles. The van der Waals surface area contributed by atoms with E-state index in [4.69, 9.17) is 13.9 Å². The molecule has 1 aliphatic heterocycles. The average molecular weight is 453 g/mol. The lowest BCUT2D eigenvalue weighted by Gasteiger charge is -2.67. The molecule has 0 bridgehead atoms. The molecular weight excluding hydrogens is 416 g/mol. The first-order chi connectivity index (χ1) is 15.5. The van der Waals surface area contributed by atoms with Gasteiger partial charge in [-0.25, -0.2) is 0 Å². The van der Waals surface area contributed by atoms with Crippen LogP contribution in [-0.4, -0.2) is 30.1 Å². The molecule has 5 aliphatic rings. The van der Waals surface area contributed by atoms with Crippen LogP contribution in [0.4, 0.5) is 0 Å². The second-order valence-corrected chi connectivity index (χ2v) is 12.7. The maximum atomic E-state index is 13.1. The molecule has 6 rings (SSSR count). The number of hydrogen-bond acceptors (Lipinski definition) is 5. The van der Waals surface area contributed by atoms with Gasteiger partial charge in [0.25, 0.3) is 0 Å². The van der Waals surface area contributed by atoms with Crippen molar-refractivity contribution >= 4 is 11.8 Å². The molecule has 10 atom stereocenters. The number of allylic oxidation sites excluding steroid dienone is 2. The summed E-state index contributed by atoms with van der Waals surface area (Å²) in [5.74, 6) is 0.854. The van der Waals surface area contributed by atoms with Crippen LogP contribution >= 0.6 is 0 Å². The molecule has 1 saturated heterocycles. The summed E-state index contributed by atoms with van der Waals surface area (Å²) in [6, 6.07) is 2.11. The topological polar surface area (TPSA) is 65.7 Å². The maximum absolute atomic E-state index is 13.1. The molecule has 0 aromatic carbocycles. The molecule has 3 saturated carbocycles. The summed E-state index contributed by atoms with van der Waals surface area (Å²) >= 11 is 0. The molecule has 4 fully saturated rings. The number of rotatable bonds is 2. The quantitative estimate of drug-likeness (QED) is 0.569. The molecule has 178 valence electrons. The molecule has 10 unspecified atom stereocenters. The summed E-state index contributed by atoms with van der Waals surface area (Å²) in [5.41, 5.74) is 0.377. The zero-order valence-electron chi connectivity index (χ0n) is 20.6. The Morgan fingerprint density at radius 1 is 1.15 bits per heavy atom. The lowest BCUT2D eigenvalue weighted by Crippen LogP contribution is -2.69. The maximum Gasteiger partial charge on any atom is 0.303 e. The Morgan fingerprint density at radius 3 is 2.58 bits per heavy atom. The Bertz CT molecular complexity index is 1040. The molecule has 5 nitrogen and oxygen atoms in total. The predicted molar refractivity (Wildman–Crippen MR) is 122 cm³/mol. The number of ether oxygens (including phenoxy) is 2. The van der Waals surface area contributed by atoms with Crippen molar-refractivity contribution in [1.29, 1.82) is 0 Å². The number of carbonyl (C=O) groups excluding carboxylic acids is 2. The highest BCUT2D eigenvalue weighted by atomic mass is 16.6. The van der Waals surface area contributed by atoms with E-state index in [0.717, 1.165) is 19.3 Å². The highest BCUT2D eigenvalue weighted by molar-refractivity contribution is 5.96. The Hall–Kier alpha value is -1.88. The van der Waals surface area contributed by atoms with E-state index in [1.807, 2.05) is 20.1 Å². The van der Waals surface area contributed by atoms with Gasteiger partial charge in [0, 0.05) is 23.7 Å². The number of carbonyl (C=O) groups is 2. The Balaban J connectivity index is 1.52. The van der Waals surface area contributed by atoms with Crippen LogP contribution in [-0.2, 0) is 19.1 Å². The van der Waals surface area contributed by atoms with E-state index in [1.54, 1.807) is 12.3 Å². The van der Waals surface area contributed by atoms with E-state index in [-0.39, 0.29) is 46.1 Å². The molecule has 0 N–H and O–H groups in total. The first-order valence-electron chi connectivity index (χ1n) is 12.5. The van der Waals surface area contributed by atoms with Crippen molar-refractivity contribution in [3.05, 3.63) is 36.3 Å². The molecule has 1 aromatic rings. The molecule has 5 heteroatoms. The summed E-state index contributed by atoms with van der Waals surface area (Å²) in [5, 5.41) is 0. The Kier molecular flexibility index (Phi) is 4.20. The van der Waals surface area contributed by atoms with E-state index in [2.05, 4.69) is 32.9 Å². The molecule has 1 aromatic heterocycles. The normalized spacial score (nSPS) is 51.2. The average Bonchev–Trinajstić information content (AvgIpc) is 3.40. The highest BCUT2D eigenvalue weighted by Gasteiger charge is 2.78. The van der Waals surface area contributed by atoms with Gasteiger partial charge < -0.3 is 13.9 Å². The summed E-state index contributed by atoms with van der Waals surface area (Å²) in [7, 11) is 0. The first kappa shape index (κ1) is 21.6. The SMILES string of the molecule is CC(=O)OC1C2C(C)(C)C(=O)C=CC2(C)C2CCC3(C)C(c4ccoc4)CC4OC1C2(C)C43. The molecule has 0 radical (unpaired) electrons. The Morgan fingerprint density at radius 2 is 1.91 bits per heavy atom. The standard InChI is InChI=1S/C28H36O5/c1-15(29)32-21-23-25(2,3)20(30)8-11-27(23,5)19-7-10-26(4)17(16-9-12-31-14-16)13-18-22(26)28(19,6)24(21)33-18/h8-9,11-12,14,17-19,21-24H,7,10,13H2,1-6H3. The predicted octanol–water partition coefficient (Wildman–Crippen LogP) is 5.31. The van der Waals surface area contributed by atoms with Gasteiger partial charge in [0.2, 0.25) is 0 Å². The summed E-state index contributed by atoms with van der Waals surface area (Å²) in [4.78, 5) is 25.4. The molecule has 0 amide bonds. The van der Waals surface area contributed by atoms with Crippen molar-refractivity contribution in [3.8, 4) is 0 Å². The lowest BCUT2D eigenvalue weighted by molar-refractivity contribution is -0.234. The van der Waals surface area contributed by atoms with Gasteiger partial charge in [-0.1, -0.05) is 40.7 Å². The number of ketones is 1. The monoisotopic (exact) mass is 452 g/mol. The fourth-order valence-corrected chi connectivity index (χ4v) is 10.0. The van der Waals surface area contributed by atoms with Crippen molar-refractivity contribution in [3.63, 3.8) is 0 Å². The van der Waals surface area contributed by atoms with Gasteiger partial charge in [-0.15, -0.1) is 0 Å². The molecule has 0 spiro atoms. The zero-order valence-corrected chi connectivity index (χ0v) is 20.6. The van der Waals surface area contributed by atoms with Gasteiger partial charge in [0.05, 0.1) is 18.6 Å². The molecule has 33 heavy (non-hydrogen) atoms. The van der Waals surface area contributed by atoms with Gasteiger partial charge in [0.15, 0.2) is 5.78 Å². The van der Waals surface area contributed by atoms with Crippen molar-refractivity contribution in [2.45, 2.75) is 85.0 Å². The minimum absolute atomic E-state index is 0.0994. The lowest BCUT2D eigenvalue weighted by atomic mass is 9.37. The van der Waals surface area contributed by atoms with Crippen LogP contribution in [0.25, 0.3) is 0 Å². The van der Waals surface area contributed by atoms with Crippen LogP contribution in [0.2, 0.25) is 0 Å². The van der Waals surface area contributed by atoms with E-state index >= 15 is 0 Å². The number of fused-ring (bicyclic) bond motifs is 2. The van der Waals surface area contributed by atoms with Crippen molar-refractivity contribution < 1.29 is 23.5 Å². The van der Waals surface area contributed by atoms with Gasteiger partial charge >= 0.3 is 5.97 Å². The molecule has 4 aliphatic carbocycles. The smallest absolute Gasteiger partial charge is 0.303 e. The van der Waals surface area contributed by atoms with Gasteiger partial charge in [0.1, 0.15) is 12.2 Å². The van der Waals surface area contributed by atoms with Gasteiger partial charge in [-0.2, -0.15) is 0 Å².